The Labute approximate surface area is 101 Å². The van der Waals surface area contributed by atoms with Crippen LogP contribution in [0.2, 0.25) is 0 Å². The van der Waals surface area contributed by atoms with Gasteiger partial charge in [-0.15, -0.1) is 0 Å². The molecule has 0 amide bonds. The van der Waals surface area contributed by atoms with Crippen LogP contribution in [0, 0.1) is 18.6 Å². The molecule has 1 aromatic carbocycles. The van der Waals surface area contributed by atoms with Crippen LogP contribution < -0.4 is 5.32 Å². The number of benzene rings is 1. The maximum absolute atomic E-state index is 13.6. The van der Waals surface area contributed by atoms with E-state index in [9.17, 15) is 8.78 Å². The van der Waals surface area contributed by atoms with E-state index in [4.69, 9.17) is 0 Å². The van der Waals surface area contributed by atoms with E-state index in [2.05, 4.69) is 10.2 Å². The molecule has 0 unspecified atom stereocenters. The summed E-state index contributed by atoms with van der Waals surface area (Å²) in [7, 11) is 0. The number of aryl methyl sites for hydroxylation is 1. The molecule has 0 saturated carbocycles. The zero-order valence-electron chi connectivity index (χ0n) is 10.1. The van der Waals surface area contributed by atoms with Gasteiger partial charge in [-0.1, -0.05) is 0 Å². The molecule has 0 radical (unpaired) electrons. The molecule has 1 fully saturated rings. The number of nitrogens with one attached hydrogen (secondary N) is 1. The van der Waals surface area contributed by atoms with Crippen LogP contribution in [0.4, 0.5) is 8.78 Å². The Hall–Kier alpha value is -1.00. The highest BCUT2D eigenvalue weighted by Crippen LogP contribution is 2.15. The molecule has 1 aliphatic rings. The number of hydrogen-bond acceptors (Lipinski definition) is 2. The Kier molecular flexibility index (Phi) is 4.07. The van der Waals surface area contributed by atoms with Gasteiger partial charge in [0.25, 0.3) is 0 Å². The summed E-state index contributed by atoms with van der Waals surface area (Å²) in [5, 5.41) is 3.27. The molecule has 4 heteroatoms. The zero-order chi connectivity index (χ0) is 12.3. The topological polar surface area (TPSA) is 15.3 Å². The summed E-state index contributed by atoms with van der Waals surface area (Å²) in [5.74, 6) is -0.610. The molecule has 0 aliphatic carbocycles. The van der Waals surface area contributed by atoms with E-state index in [0.29, 0.717) is 17.5 Å². The lowest BCUT2D eigenvalue weighted by Crippen LogP contribution is -2.44. The minimum absolute atomic E-state index is 0.293. The number of rotatable bonds is 3. The molecule has 2 nitrogen and oxygen atoms in total. The Morgan fingerprint density at radius 3 is 2.59 bits per heavy atom. The summed E-state index contributed by atoms with van der Waals surface area (Å²) in [6.45, 7) is 6.29. The molecule has 1 heterocycles. The van der Waals surface area contributed by atoms with E-state index in [1.807, 2.05) is 0 Å². The van der Waals surface area contributed by atoms with Gasteiger partial charge in [-0.25, -0.2) is 8.78 Å². The van der Waals surface area contributed by atoms with Gasteiger partial charge in [-0.05, 0) is 36.6 Å². The Bertz CT molecular complexity index is 387. The molecular weight excluding hydrogens is 222 g/mol. The summed E-state index contributed by atoms with van der Waals surface area (Å²) < 4.78 is 26.9. The van der Waals surface area contributed by atoms with Crippen LogP contribution in [-0.2, 0) is 6.42 Å². The minimum atomic E-state index is -0.318. The fourth-order valence-electron chi connectivity index (χ4n) is 2.09. The van der Waals surface area contributed by atoms with Gasteiger partial charge in [-0.2, -0.15) is 0 Å². The molecule has 17 heavy (non-hydrogen) atoms. The van der Waals surface area contributed by atoms with Crippen molar-refractivity contribution in [3.8, 4) is 0 Å². The molecule has 0 atom stereocenters. The summed E-state index contributed by atoms with van der Waals surface area (Å²) in [6, 6.07) is 2.61. The van der Waals surface area contributed by atoms with Gasteiger partial charge in [0.1, 0.15) is 11.6 Å². The standard InChI is InChI=1S/C13H18F2N2/c1-10-8-13(15)11(9-12(10)14)2-5-17-6-3-16-4-7-17/h8-9,16H,2-7H2,1H3. The zero-order valence-corrected chi connectivity index (χ0v) is 10.1. The lowest BCUT2D eigenvalue weighted by molar-refractivity contribution is 0.243. The summed E-state index contributed by atoms with van der Waals surface area (Å²) in [4.78, 5) is 2.27. The van der Waals surface area contributed by atoms with E-state index >= 15 is 0 Å². The first-order valence-corrected chi connectivity index (χ1v) is 6.04. The highest BCUT2D eigenvalue weighted by atomic mass is 19.1. The first kappa shape index (κ1) is 12.5. The summed E-state index contributed by atoms with van der Waals surface area (Å²) in [6.07, 6.45) is 0.572. The third-order valence-electron chi connectivity index (χ3n) is 3.23. The normalized spacial score (nSPS) is 17.4. The van der Waals surface area contributed by atoms with Crippen molar-refractivity contribution in [2.45, 2.75) is 13.3 Å². The quantitative estimate of drug-likeness (QED) is 0.865. The van der Waals surface area contributed by atoms with Crippen LogP contribution in [0.25, 0.3) is 0 Å². The lowest BCUT2D eigenvalue weighted by atomic mass is 10.1. The maximum atomic E-state index is 13.6. The molecule has 1 aromatic rings. The van der Waals surface area contributed by atoms with E-state index in [-0.39, 0.29) is 11.6 Å². The van der Waals surface area contributed by atoms with Crippen molar-refractivity contribution < 1.29 is 8.78 Å². The average Bonchev–Trinajstić information content (AvgIpc) is 2.33. The molecular formula is C13H18F2N2. The lowest BCUT2D eigenvalue weighted by Gasteiger charge is -2.27. The van der Waals surface area contributed by atoms with Gasteiger partial charge in [0, 0.05) is 32.7 Å². The van der Waals surface area contributed by atoms with Gasteiger partial charge in [0.15, 0.2) is 0 Å². The van der Waals surface area contributed by atoms with E-state index in [1.54, 1.807) is 6.92 Å². The molecule has 2 rings (SSSR count). The van der Waals surface area contributed by atoms with Crippen LogP contribution in [0.3, 0.4) is 0 Å². The number of nitrogens with zero attached hydrogens (tertiary/aromatic N) is 1. The Morgan fingerprint density at radius 1 is 1.18 bits per heavy atom. The molecule has 0 bridgehead atoms. The van der Waals surface area contributed by atoms with Crippen molar-refractivity contribution in [2.75, 3.05) is 32.7 Å². The molecule has 0 aromatic heterocycles. The molecule has 1 saturated heterocycles. The van der Waals surface area contributed by atoms with Crippen molar-refractivity contribution >= 4 is 0 Å². The highest BCUT2D eigenvalue weighted by molar-refractivity contribution is 5.25. The van der Waals surface area contributed by atoms with Crippen LogP contribution in [0.15, 0.2) is 12.1 Å². The third kappa shape index (κ3) is 3.23. The van der Waals surface area contributed by atoms with Crippen molar-refractivity contribution in [2.24, 2.45) is 0 Å². The largest absolute Gasteiger partial charge is 0.314 e. The van der Waals surface area contributed by atoms with Crippen molar-refractivity contribution in [1.29, 1.82) is 0 Å². The number of piperazine rings is 1. The first-order chi connectivity index (χ1) is 8.16. The SMILES string of the molecule is Cc1cc(F)c(CCN2CCNCC2)cc1F. The fourth-order valence-corrected chi connectivity index (χ4v) is 2.09. The van der Waals surface area contributed by atoms with E-state index < -0.39 is 0 Å². The van der Waals surface area contributed by atoms with Crippen LogP contribution in [0.5, 0.6) is 0 Å². The van der Waals surface area contributed by atoms with Gasteiger partial charge in [-0.3, -0.25) is 0 Å². The van der Waals surface area contributed by atoms with E-state index in [1.165, 1.54) is 12.1 Å². The van der Waals surface area contributed by atoms with E-state index in [0.717, 1.165) is 32.7 Å². The molecule has 1 N–H and O–H groups in total. The van der Waals surface area contributed by atoms with Crippen LogP contribution >= 0.6 is 0 Å². The van der Waals surface area contributed by atoms with Gasteiger partial charge < -0.3 is 10.2 Å². The van der Waals surface area contributed by atoms with Gasteiger partial charge >= 0.3 is 0 Å². The molecule has 1 aliphatic heterocycles. The van der Waals surface area contributed by atoms with Gasteiger partial charge in [0.2, 0.25) is 0 Å². The number of halogens is 2. The fraction of sp³-hybridized carbons (Fsp3) is 0.538. The maximum Gasteiger partial charge on any atom is 0.126 e. The molecule has 94 valence electrons. The van der Waals surface area contributed by atoms with Crippen molar-refractivity contribution in [3.63, 3.8) is 0 Å². The monoisotopic (exact) mass is 240 g/mol. The first-order valence-electron chi connectivity index (χ1n) is 6.04. The third-order valence-corrected chi connectivity index (χ3v) is 3.23. The van der Waals surface area contributed by atoms with Crippen LogP contribution in [-0.4, -0.2) is 37.6 Å². The average molecular weight is 240 g/mol. The second-order valence-electron chi connectivity index (χ2n) is 4.53. The van der Waals surface area contributed by atoms with Crippen LogP contribution in [0.1, 0.15) is 11.1 Å². The Morgan fingerprint density at radius 2 is 1.88 bits per heavy atom. The minimum Gasteiger partial charge on any atom is -0.314 e. The van der Waals surface area contributed by atoms with Gasteiger partial charge in [0.05, 0.1) is 0 Å². The molecule has 0 spiro atoms. The predicted octanol–water partition coefficient (Wildman–Crippen LogP) is 1.72. The second kappa shape index (κ2) is 5.56. The summed E-state index contributed by atoms with van der Waals surface area (Å²) >= 11 is 0. The smallest absolute Gasteiger partial charge is 0.126 e. The van der Waals surface area contributed by atoms with Crippen molar-refractivity contribution in [1.82, 2.24) is 10.2 Å². The predicted molar refractivity (Wildman–Crippen MR) is 64.1 cm³/mol. The Balaban J connectivity index is 1.96. The summed E-state index contributed by atoms with van der Waals surface area (Å²) in [5.41, 5.74) is 0.847. The number of hydrogen-bond donors (Lipinski definition) is 1. The highest BCUT2D eigenvalue weighted by Gasteiger charge is 2.12. The second-order valence-corrected chi connectivity index (χ2v) is 4.53. The van der Waals surface area contributed by atoms with Crippen molar-refractivity contribution in [3.05, 3.63) is 34.9 Å².